The number of aliphatic carboxylic acids is 1. The molecule has 0 aromatic carbocycles. The van der Waals surface area contributed by atoms with Gasteiger partial charge in [0.15, 0.2) is 0 Å². The van der Waals surface area contributed by atoms with Crippen LogP contribution >= 0.6 is 22.2 Å². The average Bonchev–Trinajstić information content (AvgIpc) is 1.90. The molecule has 0 rings (SSSR count). The molecule has 11 heteroatoms. The molecule has 21 heavy (non-hydrogen) atoms. The van der Waals surface area contributed by atoms with Gasteiger partial charge in [0.25, 0.3) is 11.9 Å². The number of carboxylic acid groups (broad SMARTS) is 1. The molecule has 0 aliphatic rings. The minimum absolute atomic E-state index is 0. The van der Waals surface area contributed by atoms with Crippen molar-refractivity contribution in [2.45, 2.75) is 47.0 Å². The molecule has 0 atom stereocenters. The summed E-state index contributed by atoms with van der Waals surface area (Å²) in [4.78, 5) is 29.8. The van der Waals surface area contributed by atoms with Crippen LogP contribution < -0.4 is 34.7 Å². The smallest absolute Gasteiger partial charge is 0.550 e. The summed E-state index contributed by atoms with van der Waals surface area (Å²) in [5.41, 5.74) is 0. The zero-order valence-electron chi connectivity index (χ0n) is 13.7. The van der Waals surface area contributed by atoms with E-state index in [-0.39, 0.29) is 29.6 Å². The van der Waals surface area contributed by atoms with E-state index in [1.165, 1.54) is 13.8 Å². The minimum atomic E-state index is -2.53. The maximum absolute atomic E-state index is 10.5. The Labute approximate surface area is 159 Å². The van der Waals surface area contributed by atoms with E-state index in [1.54, 1.807) is 13.1 Å². The number of hydrogen-bond donors (Lipinski definition) is 0. The predicted octanol–water partition coefficient (Wildman–Crippen LogP) is -1.26. The van der Waals surface area contributed by atoms with E-state index in [9.17, 15) is 9.59 Å². The third-order valence-electron chi connectivity index (χ3n) is 0.779. The predicted molar refractivity (Wildman–Crippen MR) is 80.9 cm³/mol. The molecule has 0 spiro atoms. The van der Waals surface area contributed by atoms with Crippen molar-refractivity contribution in [3.05, 3.63) is 0 Å². The number of carbonyl (C=O) groups excluding carboxylic acids is 3. The van der Waals surface area contributed by atoms with Crippen LogP contribution in [0, 0.1) is 0 Å². The molecule has 0 fully saturated rings. The van der Waals surface area contributed by atoms with Gasteiger partial charge in [0.1, 0.15) is 0 Å². The molecule has 0 aliphatic carbocycles. The monoisotopic (exact) mass is 386 g/mol. The number of carboxylic acids is 1. The first-order valence-corrected chi connectivity index (χ1v) is 13.4. The summed E-state index contributed by atoms with van der Waals surface area (Å²) < 4.78 is 9.61. The molecule has 0 aromatic heterocycles. The number of carbonyl (C=O) groups is 3. The topological polar surface area (TPSA) is 92.7 Å². The van der Waals surface area contributed by atoms with E-state index in [2.05, 4.69) is 0 Å². The van der Waals surface area contributed by atoms with Crippen LogP contribution in [0.4, 0.5) is 0 Å². The molecule has 0 aliphatic heterocycles. The Morgan fingerprint density at radius 1 is 0.857 bits per heavy atom. The molecule has 0 heterocycles. The summed E-state index contributed by atoms with van der Waals surface area (Å²) in [7, 11) is -2.53. The molecule has 0 radical (unpaired) electrons. The van der Waals surface area contributed by atoms with Gasteiger partial charge in [-0.05, 0) is 20.0 Å². The van der Waals surface area contributed by atoms with Gasteiger partial charge < -0.3 is 18.8 Å². The van der Waals surface area contributed by atoms with Crippen molar-refractivity contribution in [2.24, 2.45) is 0 Å². The van der Waals surface area contributed by atoms with Gasteiger partial charge in [-0.3, -0.25) is 9.59 Å². The largest absolute Gasteiger partial charge is 1.00 e. The molecule has 0 amide bonds. The van der Waals surface area contributed by atoms with Gasteiger partial charge in [-0.15, -0.1) is 22.2 Å². The van der Waals surface area contributed by atoms with Crippen LogP contribution in [-0.4, -0.2) is 33.2 Å². The van der Waals surface area contributed by atoms with Crippen LogP contribution in [0.2, 0.25) is 26.2 Å². The summed E-state index contributed by atoms with van der Waals surface area (Å²) >= 11 is 10.9. The fourth-order valence-electron chi connectivity index (χ4n) is 0.713. The van der Waals surface area contributed by atoms with Crippen LogP contribution in [0.3, 0.4) is 0 Å². The molecule has 0 N–H and O–H groups in total. The number of rotatable bonds is 2. The first-order valence-electron chi connectivity index (χ1n) is 5.51. The Morgan fingerprint density at radius 3 is 1.10 bits per heavy atom. The molecular formula is C10H21Cl2NaO6Si2. The van der Waals surface area contributed by atoms with Crippen molar-refractivity contribution >= 4 is 55.3 Å². The van der Waals surface area contributed by atoms with Gasteiger partial charge in [-0.1, -0.05) is 0 Å². The fourth-order valence-corrected chi connectivity index (χ4v) is 2.14. The van der Waals surface area contributed by atoms with E-state index in [0.717, 1.165) is 6.92 Å². The number of hydrogen-bond acceptors (Lipinski definition) is 6. The van der Waals surface area contributed by atoms with E-state index in [1.807, 2.05) is 13.1 Å². The van der Waals surface area contributed by atoms with Crippen LogP contribution in [0.5, 0.6) is 0 Å². The third-order valence-corrected chi connectivity index (χ3v) is 2.34. The summed E-state index contributed by atoms with van der Waals surface area (Å²) in [6.07, 6.45) is 0. The van der Waals surface area contributed by atoms with Crippen LogP contribution in [-0.2, 0) is 23.2 Å². The van der Waals surface area contributed by atoms with Gasteiger partial charge in [-0.2, -0.15) is 0 Å². The standard InChI is InChI=1S/C6H12O4Si.C2H6Cl2Si.C2H4O2.Na/c1-5(7)9-11(3,4)10-6(2)8;1-5(2,3)4;1-2(3)4;/h1-4H3;1-2H3;1H3,(H,3,4);/q;;;+1/p-1. The van der Waals surface area contributed by atoms with Gasteiger partial charge in [0, 0.05) is 32.9 Å². The molecule has 6 nitrogen and oxygen atoms in total. The Bertz CT molecular complexity index is 306. The summed E-state index contributed by atoms with van der Waals surface area (Å²) in [5.74, 6) is -1.91. The Morgan fingerprint density at radius 2 is 1.00 bits per heavy atom. The molecule has 0 aromatic rings. The van der Waals surface area contributed by atoms with Crippen LogP contribution in [0.25, 0.3) is 0 Å². The van der Waals surface area contributed by atoms with Crippen molar-refractivity contribution in [1.29, 1.82) is 0 Å². The van der Waals surface area contributed by atoms with Crippen LogP contribution in [0.1, 0.15) is 20.8 Å². The van der Waals surface area contributed by atoms with Crippen LogP contribution in [0.15, 0.2) is 0 Å². The van der Waals surface area contributed by atoms with Gasteiger partial charge in [-0.25, -0.2) is 0 Å². The average molecular weight is 387 g/mol. The van der Waals surface area contributed by atoms with Crippen molar-refractivity contribution in [3.8, 4) is 0 Å². The first kappa shape index (κ1) is 29.4. The third kappa shape index (κ3) is 63.8. The second-order valence-corrected chi connectivity index (χ2v) is 16.5. The second kappa shape index (κ2) is 14.0. The molecule has 0 bridgehead atoms. The first-order chi connectivity index (χ1) is 8.57. The van der Waals surface area contributed by atoms with Gasteiger partial charge in [0.2, 0.25) is 6.69 Å². The van der Waals surface area contributed by atoms with Crippen molar-refractivity contribution < 1.29 is 57.9 Å². The molecule has 120 valence electrons. The van der Waals surface area contributed by atoms with E-state index in [0.29, 0.717) is 0 Å². The van der Waals surface area contributed by atoms with E-state index < -0.39 is 33.2 Å². The van der Waals surface area contributed by atoms with Gasteiger partial charge in [0.05, 0.1) is 0 Å². The quantitative estimate of drug-likeness (QED) is 0.434. The molecule has 0 unspecified atom stereocenters. The van der Waals surface area contributed by atoms with E-state index >= 15 is 0 Å². The van der Waals surface area contributed by atoms with Crippen molar-refractivity contribution in [2.75, 3.05) is 0 Å². The molecule has 0 saturated carbocycles. The maximum atomic E-state index is 10.5. The Hall–Kier alpha value is 0.424. The Kier molecular flexibility index (Phi) is 19.7. The minimum Gasteiger partial charge on any atom is -0.550 e. The van der Waals surface area contributed by atoms with Gasteiger partial charge >= 0.3 is 38.1 Å². The Balaban J connectivity index is -0.000000121. The molecular weight excluding hydrogens is 366 g/mol. The second-order valence-electron chi connectivity index (χ2n) is 4.41. The van der Waals surface area contributed by atoms with Crippen molar-refractivity contribution in [3.63, 3.8) is 0 Å². The number of halogens is 2. The normalized spacial score (nSPS) is 9.57. The SMILES string of the molecule is CC(=O)O[Si](C)(C)OC(C)=O.CC(=O)[O-].C[Si](C)(Cl)Cl.[Na+]. The fraction of sp³-hybridized carbons (Fsp3) is 0.700. The maximum Gasteiger partial charge on any atom is 1.00 e. The zero-order valence-corrected chi connectivity index (χ0v) is 19.2. The zero-order chi connectivity index (χ0) is 17.1. The van der Waals surface area contributed by atoms with E-state index in [4.69, 9.17) is 40.9 Å². The van der Waals surface area contributed by atoms with Crippen molar-refractivity contribution in [1.82, 2.24) is 0 Å². The summed E-state index contributed by atoms with van der Waals surface area (Å²) in [5, 5.41) is 8.89. The summed E-state index contributed by atoms with van der Waals surface area (Å²) in [6, 6.07) is 0. The molecule has 0 saturated heterocycles. The summed E-state index contributed by atoms with van der Waals surface area (Å²) in [6.45, 7) is 8.87.